The number of halogens is 1. The van der Waals surface area contributed by atoms with Crippen molar-refractivity contribution in [3.05, 3.63) is 68.0 Å². The third-order valence-corrected chi connectivity index (χ3v) is 6.55. The fourth-order valence-corrected chi connectivity index (χ4v) is 5.11. The molecule has 3 aromatic rings. The number of nitrogens with zero attached hydrogens (tertiary/aromatic N) is 4. The van der Waals surface area contributed by atoms with Crippen LogP contribution in [-0.4, -0.2) is 38.7 Å². The highest BCUT2D eigenvalue weighted by Crippen LogP contribution is 2.24. The average Bonchev–Trinajstić information content (AvgIpc) is 3.14. The van der Waals surface area contributed by atoms with Gasteiger partial charge in [0.25, 0.3) is 5.91 Å². The zero-order valence-corrected chi connectivity index (χ0v) is 19.9. The third-order valence-electron chi connectivity index (χ3n) is 5.50. The number of likely N-dealkylation sites (tertiary alicyclic amines) is 1. The van der Waals surface area contributed by atoms with E-state index in [0.717, 1.165) is 25.3 Å². The van der Waals surface area contributed by atoms with Gasteiger partial charge in [0.05, 0.1) is 11.4 Å². The van der Waals surface area contributed by atoms with Gasteiger partial charge in [-0.1, -0.05) is 25.4 Å². The lowest BCUT2D eigenvalue weighted by atomic mass is 9.92. The number of hydrogen-bond donors (Lipinski definition) is 1. The Kier molecular flexibility index (Phi) is 6.74. The molecule has 1 N–H and O–H groups in total. The number of aryl methyl sites for hydroxylation is 1. The van der Waals surface area contributed by atoms with Gasteiger partial charge < -0.3 is 0 Å². The highest BCUT2D eigenvalue weighted by Gasteiger charge is 2.23. The molecule has 32 heavy (non-hydrogen) atoms. The first kappa shape index (κ1) is 22.6. The first-order valence-corrected chi connectivity index (χ1v) is 11.9. The molecule has 0 bridgehead atoms. The smallest absolute Gasteiger partial charge is 0.281 e. The van der Waals surface area contributed by atoms with Gasteiger partial charge in [0.2, 0.25) is 5.43 Å². The second kappa shape index (κ2) is 9.52. The molecule has 1 fully saturated rings. The van der Waals surface area contributed by atoms with Crippen LogP contribution < -0.4 is 10.7 Å². The van der Waals surface area contributed by atoms with E-state index in [1.54, 1.807) is 35.9 Å². The Morgan fingerprint density at radius 1 is 1.22 bits per heavy atom. The first-order chi connectivity index (χ1) is 15.3. The Balaban J connectivity index is 1.49. The molecular formula is C23H26ClN5O2S. The molecule has 7 nitrogen and oxygen atoms in total. The zero-order chi connectivity index (χ0) is 22.8. The van der Waals surface area contributed by atoms with E-state index >= 15 is 0 Å². The third kappa shape index (κ3) is 5.26. The van der Waals surface area contributed by atoms with Crippen LogP contribution in [0.2, 0.25) is 5.02 Å². The van der Waals surface area contributed by atoms with Crippen molar-refractivity contribution in [1.82, 2.24) is 19.7 Å². The molecule has 0 saturated carbocycles. The number of anilines is 1. The fourth-order valence-electron chi connectivity index (χ4n) is 4.29. The number of benzene rings is 1. The molecule has 2 atom stereocenters. The topological polar surface area (TPSA) is 80.1 Å². The monoisotopic (exact) mass is 471 g/mol. The van der Waals surface area contributed by atoms with Crippen LogP contribution in [0.1, 0.15) is 42.1 Å². The van der Waals surface area contributed by atoms with E-state index in [2.05, 4.69) is 34.1 Å². The molecular weight excluding hydrogens is 446 g/mol. The molecule has 0 unspecified atom stereocenters. The summed E-state index contributed by atoms with van der Waals surface area (Å²) in [5, 5.41) is 10.0. The molecule has 1 aliphatic rings. The number of thiazole rings is 1. The molecule has 1 amide bonds. The Morgan fingerprint density at radius 2 is 1.91 bits per heavy atom. The lowest BCUT2D eigenvalue weighted by Crippen LogP contribution is -2.38. The number of nitrogens with one attached hydrogen (secondary N) is 1. The molecule has 0 radical (unpaired) electrons. The minimum Gasteiger partial charge on any atom is -0.297 e. The SMILES string of the molecule is Cc1cc(=O)c(C(=O)Nc2nc(CN3C[C@H](C)C[C@@H](C)C3)cs2)nn1-c1ccc(Cl)cc1. The predicted molar refractivity (Wildman–Crippen MR) is 128 cm³/mol. The molecule has 2 aromatic heterocycles. The number of aromatic nitrogens is 3. The summed E-state index contributed by atoms with van der Waals surface area (Å²) in [6.07, 6.45) is 1.26. The maximum absolute atomic E-state index is 12.8. The van der Waals surface area contributed by atoms with Crippen LogP contribution in [0.4, 0.5) is 5.13 Å². The number of amides is 1. The highest BCUT2D eigenvalue weighted by molar-refractivity contribution is 7.13. The van der Waals surface area contributed by atoms with E-state index < -0.39 is 11.3 Å². The van der Waals surface area contributed by atoms with Crippen molar-refractivity contribution in [3.63, 3.8) is 0 Å². The number of hydrogen-bond acceptors (Lipinski definition) is 6. The van der Waals surface area contributed by atoms with E-state index in [1.165, 1.54) is 23.8 Å². The Morgan fingerprint density at radius 3 is 2.59 bits per heavy atom. The Hall–Kier alpha value is -2.55. The molecule has 0 spiro atoms. The van der Waals surface area contributed by atoms with E-state index in [4.69, 9.17) is 11.6 Å². The maximum Gasteiger partial charge on any atom is 0.281 e. The summed E-state index contributed by atoms with van der Waals surface area (Å²) in [7, 11) is 0. The molecule has 1 saturated heterocycles. The molecule has 9 heteroatoms. The lowest BCUT2D eigenvalue weighted by Gasteiger charge is -2.34. The standard InChI is InChI=1S/C23H26ClN5O2S/c1-14-8-15(2)11-28(10-14)12-18-13-32-23(25-18)26-22(31)21-20(30)9-16(3)29(27-21)19-6-4-17(24)5-7-19/h4-7,9,13-15H,8,10-12H2,1-3H3,(H,25,26,31)/t14-,15-/m1/s1. The normalized spacial score (nSPS) is 19.1. The minimum atomic E-state index is -0.571. The zero-order valence-electron chi connectivity index (χ0n) is 18.3. The van der Waals surface area contributed by atoms with E-state index in [-0.39, 0.29) is 5.69 Å². The van der Waals surface area contributed by atoms with Crippen LogP contribution in [0.15, 0.2) is 40.5 Å². The molecule has 0 aliphatic carbocycles. The average molecular weight is 472 g/mol. The summed E-state index contributed by atoms with van der Waals surface area (Å²) in [6.45, 7) is 9.19. The molecule has 4 rings (SSSR count). The van der Waals surface area contributed by atoms with Crippen molar-refractivity contribution in [2.45, 2.75) is 33.7 Å². The van der Waals surface area contributed by atoms with E-state index in [9.17, 15) is 9.59 Å². The van der Waals surface area contributed by atoms with Gasteiger partial charge in [-0.25, -0.2) is 9.67 Å². The van der Waals surface area contributed by atoms with E-state index in [0.29, 0.717) is 33.4 Å². The minimum absolute atomic E-state index is 0.180. The van der Waals surface area contributed by atoms with Gasteiger partial charge in [-0.05, 0) is 49.4 Å². The molecule has 1 aliphatic heterocycles. The van der Waals surface area contributed by atoms with Crippen LogP contribution in [0.25, 0.3) is 5.69 Å². The second-order valence-electron chi connectivity index (χ2n) is 8.63. The van der Waals surface area contributed by atoms with Crippen molar-refractivity contribution >= 4 is 34.0 Å². The quantitative estimate of drug-likeness (QED) is 0.597. The van der Waals surface area contributed by atoms with Gasteiger partial charge in [-0.15, -0.1) is 11.3 Å². The van der Waals surface area contributed by atoms with Crippen LogP contribution in [0.5, 0.6) is 0 Å². The van der Waals surface area contributed by atoms with Gasteiger partial charge in [0.15, 0.2) is 10.8 Å². The Bertz CT molecular complexity index is 1160. The summed E-state index contributed by atoms with van der Waals surface area (Å²) in [4.78, 5) is 32.2. The summed E-state index contributed by atoms with van der Waals surface area (Å²) in [6, 6.07) is 8.43. The van der Waals surface area contributed by atoms with Crippen molar-refractivity contribution in [3.8, 4) is 5.69 Å². The number of piperidine rings is 1. The van der Waals surface area contributed by atoms with Crippen molar-refractivity contribution in [2.75, 3.05) is 18.4 Å². The molecule has 3 heterocycles. The number of carbonyl (C=O) groups is 1. The Labute approximate surface area is 196 Å². The van der Waals surface area contributed by atoms with Crippen LogP contribution in [0, 0.1) is 18.8 Å². The molecule has 1 aromatic carbocycles. The van der Waals surface area contributed by atoms with Gasteiger partial charge >= 0.3 is 0 Å². The predicted octanol–water partition coefficient (Wildman–Crippen LogP) is 4.38. The van der Waals surface area contributed by atoms with Crippen molar-refractivity contribution in [2.24, 2.45) is 11.8 Å². The van der Waals surface area contributed by atoms with Gasteiger partial charge in [-0.2, -0.15) is 5.10 Å². The highest BCUT2D eigenvalue weighted by atomic mass is 35.5. The van der Waals surface area contributed by atoms with Crippen LogP contribution in [-0.2, 0) is 6.54 Å². The fraction of sp³-hybridized carbons (Fsp3) is 0.391. The largest absolute Gasteiger partial charge is 0.297 e. The van der Waals surface area contributed by atoms with Gasteiger partial charge in [-0.3, -0.25) is 19.8 Å². The number of carbonyl (C=O) groups excluding carboxylic acids is 1. The van der Waals surface area contributed by atoms with Gasteiger partial charge in [0, 0.05) is 41.8 Å². The first-order valence-electron chi connectivity index (χ1n) is 10.6. The molecule has 168 valence electrons. The summed E-state index contributed by atoms with van der Waals surface area (Å²) < 4.78 is 1.55. The van der Waals surface area contributed by atoms with Crippen molar-refractivity contribution in [1.29, 1.82) is 0 Å². The van der Waals surface area contributed by atoms with Crippen molar-refractivity contribution < 1.29 is 4.79 Å². The summed E-state index contributed by atoms with van der Waals surface area (Å²) in [5.74, 6) is 0.776. The maximum atomic E-state index is 12.8. The summed E-state index contributed by atoms with van der Waals surface area (Å²) in [5.41, 5.74) is 1.64. The van der Waals surface area contributed by atoms with Crippen LogP contribution in [0.3, 0.4) is 0 Å². The van der Waals surface area contributed by atoms with E-state index in [1.807, 2.05) is 5.38 Å². The van der Waals surface area contributed by atoms with Gasteiger partial charge in [0.1, 0.15) is 0 Å². The number of rotatable bonds is 5. The second-order valence-corrected chi connectivity index (χ2v) is 9.92. The van der Waals surface area contributed by atoms with Crippen LogP contribution >= 0.6 is 22.9 Å². The summed E-state index contributed by atoms with van der Waals surface area (Å²) >= 11 is 7.31. The lowest BCUT2D eigenvalue weighted by molar-refractivity contribution is 0.101.